The van der Waals surface area contributed by atoms with Crippen molar-refractivity contribution in [2.45, 2.75) is 31.2 Å². The van der Waals surface area contributed by atoms with E-state index in [4.69, 9.17) is 32.7 Å². The molecule has 3 aromatic rings. The minimum Gasteiger partial charge on any atom is -0.549 e. The van der Waals surface area contributed by atoms with E-state index in [0.717, 1.165) is 25.1 Å². The van der Waals surface area contributed by atoms with Crippen LogP contribution in [0.25, 0.3) is 0 Å². The molecular formula is C28H25Cl2N2NaO5. The molecule has 0 aromatic heterocycles. The summed E-state index contributed by atoms with van der Waals surface area (Å²) in [4.78, 5) is 26.6. The predicted molar refractivity (Wildman–Crippen MR) is 140 cm³/mol. The Kier molecular flexibility index (Phi) is 9.50. The molecule has 2 aliphatic rings. The molecule has 192 valence electrons. The van der Waals surface area contributed by atoms with Crippen molar-refractivity contribution in [2.75, 3.05) is 24.6 Å². The number of halogens is 2. The molecule has 0 saturated carbocycles. The van der Waals surface area contributed by atoms with E-state index in [2.05, 4.69) is 10.2 Å². The minimum absolute atomic E-state index is 0. The summed E-state index contributed by atoms with van der Waals surface area (Å²) in [6.45, 7) is 1.91. The van der Waals surface area contributed by atoms with Gasteiger partial charge in [0.25, 0.3) is 5.91 Å². The number of amides is 1. The van der Waals surface area contributed by atoms with Gasteiger partial charge in [0.2, 0.25) is 0 Å². The van der Waals surface area contributed by atoms with Crippen LogP contribution in [0.4, 0.5) is 5.69 Å². The number of piperidine rings is 1. The summed E-state index contributed by atoms with van der Waals surface area (Å²) in [5, 5.41) is 15.5. The zero-order valence-electron chi connectivity index (χ0n) is 20.9. The van der Waals surface area contributed by atoms with E-state index in [1.54, 1.807) is 36.4 Å². The maximum atomic E-state index is 12.9. The molecule has 1 N–H and O–H groups in total. The molecule has 7 nitrogen and oxygen atoms in total. The molecule has 0 aliphatic carbocycles. The Bertz CT molecular complexity index is 1320. The van der Waals surface area contributed by atoms with Crippen LogP contribution in [0.3, 0.4) is 0 Å². The molecule has 1 saturated heterocycles. The molecule has 1 amide bonds. The van der Waals surface area contributed by atoms with Crippen LogP contribution in [-0.4, -0.2) is 37.6 Å². The number of fused-ring (bicyclic) bond motifs is 1. The van der Waals surface area contributed by atoms with Crippen molar-refractivity contribution < 1.29 is 53.7 Å². The number of hydrogen-bond acceptors (Lipinski definition) is 6. The number of ether oxygens (including phenoxy) is 2. The van der Waals surface area contributed by atoms with Gasteiger partial charge in [0, 0.05) is 58.9 Å². The summed E-state index contributed by atoms with van der Waals surface area (Å²) < 4.78 is 11.5. The van der Waals surface area contributed by atoms with Crippen molar-refractivity contribution in [3.05, 3.63) is 81.8 Å². The molecule has 2 heterocycles. The third-order valence-electron chi connectivity index (χ3n) is 6.66. The van der Waals surface area contributed by atoms with Gasteiger partial charge in [-0.2, -0.15) is 0 Å². The first-order valence-corrected chi connectivity index (χ1v) is 12.9. The molecule has 0 spiro atoms. The summed E-state index contributed by atoms with van der Waals surface area (Å²) in [5.41, 5.74) is 2.05. The number of hydrogen-bond donors (Lipinski definition) is 1. The third-order valence-corrected chi connectivity index (χ3v) is 7.19. The largest absolute Gasteiger partial charge is 1.00 e. The first-order chi connectivity index (χ1) is 17.9. The zero-order valence-corrected chi connectivity index (χ0v) is 24.4. The average Bonchev–Trinajstić information content (AvgIpc) is 2.89. The van der Waals surface area contributed by atoms with E-state index >= 15 is 0 Å². The van der Waals surface area contributed by atoms with Crippen molar-refractivity contribution in [1.29, 1.82) is 0 Å². The van der Waals surface area contributed by atoms with Crippen LogP contribution >= 0.6 is 23.2 Å². The Morgan fingerprint density at radius 2 is 1.84 bits per heavy atom. The summed E-state index contributed by atoms with van der Waals surface area (Å²) >= 11 is 12.5. The van der Waals surface area contributed by atoms with E-state index in [0.29, 0.717) is 46.4 Å². The standard InChI is InChI=1S/C28H26Cl2N2O5.Na/c29-18-3-1-5-20(13-18)32-11-2-4-19(16-32)31-27(33)17-6-8-21(9-7-17)37-26-15-25-23(14-24(26)30)22(28(34)35)10-12-36-25;/h1,3,5-9,13-15,19,22H,2,4,10-12,16H2,(H,31,33)(H,34,35);/q;+1/p-1/t19-,22?;/m0./s1. The molecular weight excluding hydrogens is 538 g/mol. The van der Waals surface area contributed by atoms with Gasteiger partial charge in [-0.1, -0.05) is 29.3 Å². The van der Waals surface area contributed by atoms with Crippen LogP contribution in [0.2, 0.25) is 10.0 Å². The number of carbonyl (C=O) groups excluding carboxylic acids is 2. The monoisotopic (exact) mass is 562 g/mol. The van der Waals surface area contributed by atoms with Crippen molar-refractivity contribution in [3.8, 4) is 17.2 Å². The van der Waals surface area contributed by atoms with Gasteiger partial charge in [-0.3, -0.25) is 4.79 Å². The fraction of sp³-hybridized carbons (Fsp3) is 0.286. The van der Waals surface area contributed by atoms with Crippen molar-refractivity contribution >= 4 is 40.8 Å². The van der Waals surface area contributed by atoms with Gasteiger partial charge >= 0.3 is 29.6 Å². The number of rotatable bonds is 6. The van der Waals surface area contributed by atoms with Gasteiger partial charge in [-0.15, -0.1) is 0 Å². The number of aliphatic carboxylic acids is 1. The van der Waals surface area contributed by atoms with E-state index in [1.807, 2.05) is 24.3 Å². The van der Waals surface area contributed by atoms with Crippen LogP contribution in [0.5, 0.6) is 17.2 Å². The molecule has 1 fully saturated rings. The fourth-order valence-corrected chi connectivity index (χ4v) is 5.18. The van der Waals surface area contributed by atoms with Crippen molar-refractivity contribution in [2.24, 2.45) is 0 Å². The Balaban J connectivity index is 0.00000336. The topological polar surface area (TPSA) is 90.9 Å². The van der Waals surface area contributed by atoms with Gasteiger partial charge in [0.05, 0.1) is 11.6 Å². The van der Waals surface area contributed by atoms with E-state index in [1.165, 1.54) is 0 Å². The third kappa shape index (κ3) is 6.58. The van der Waals surface area contributed by atoms with Gasteiger partial charge in [0.15, 0.2) is 0 Å². The molecule has 3 aromatic carbocycles. The summed E-state index contributed by atoms with van der Waals surface area (Å²) in [5.74, 6) is -0.855. The summed E-state index contributed by atoms with van der Waals surface area (Å²) in [7, 11) is 0. The van der Waals surface area contributed by atoms with E-state index < -0.39 is 11.9 Å². The van der Waals surface area contributed by atoms with Crippen LogP contribution in [0.15, 0.2) is 60.7 Å². The first kappa shape index (κ1) is 28.6. The van der Waals surface area contributed by atoms with Gasteiger partial charge < -0.3 is 29.6 Å². The number of carboxylic acid groups (broad SMARTS) is 1. The second kappa shape index (κ2) is 12.6. The van der Waals surface area contributed by atoms with E-state index in [9.17, 15) is 14.7 Å². The normalized spacial score (nSPS) is 18.4. The molecule has 5 rings (SSSR count). The van der Waals surface area contributed by atoms with E-state index in [-0.39, 0.29) is 53.1 Å². The number of carboxylic acids is 1. The molecule has 0 radical (unpaired) electrons. The first-order valence-electron chi connectivity index (χ1n) is 12.1. The van der Waals surface area contributed by atoms with Crippen LogP contribution in [0.1, 0.15) is 41.1 Å². The molecule has 1 unspecified atom stereocenters. The van der Waals surface area contributed by atoms with Crippen LogP contribution in [-0.2, 0) is 4.79 Å². The van der Waals surface area contributed by atoms with Gasteiger partial charge in [0.1, 0.15) is 17.2 Å². The predicted octanol–water partition coefficient (Wildman–Crippen LogP) is 1.80. The number of anilines is 1. The quantitative estimate of drug-likeness (QED) is 0.461. The maximum absolute atomic E-state index is 12.9. The number of benzene rings is 3. The second-order valence-corrected chi connectivity index (χ2v) is 10.0. The van der Waals surface area contributed by atoms with Crippen LogP contribution < -0.4 is 54.4 Å². The van der Waals surface area contributed by atoms with Crippen molar-refractivity contribution in [3.63, 3.8) is 0 Å². The fourth-order valence-electron chi connectivity index (χ4n) is 4.79. The smallest absolute Gasteiger partial charge is 0.549 e. The number of carbonyl (C=O) groups is 2. The Morgan fingerprint density at radius 3 is 2.58 bits per heavy atom. The Hall–Kier alpha value is -2.42. The summed E-state index contributed by atoms with van der Waals surface area (Å²) in [6.07, 6.45) is 2.20. The molecule has 0 bridgehead atoms. The molecule has 2 aliphatic heterocycles. The molecule has 38 heavy (non-hydrogen) atoms. The maximum Gasteiger partial charge on any atom is 1.00 e. The summed E-state index contributed by atoms with van der Waals surface area (Å²) in [6, 6.07) is 17.7. The molecule has 10 heteroatoms. The Labute approximate surface area is 253 Å². The Morgan fingerprint density at radius 1 is 1.05 bits per heavy atom. The van der Waals surface area contributed by atoms with Crippen LogP contribution in [0, 0.1) is 0 Å². The van der Waals surface area contributed by atoms with Gasteiger partial charge in [-0.25, -0.2) is 0 Å². The zero-order chi connectivity index (χ0) is 25.9. The molecule has 2 atom stereocenters. The number of nitrogens with zero attached hydrogens (tertiary/aromatic N) is 1. The minimum atomic E-state index is -1.16. The number of nitrogens with one attached hydrogen (secondary N) is 1. The average molecular weight is 563 g/mol. The second-order valence-electron chi connectivity index (χ2n) is 9.19. The SMILES string of the molecule is O=C(N[C@H]1CCCN(c2cccc(Cl)c2)C1)c1ccc(Oc2cc3c(cc2Cl)C(C(=O)[O-])CCO3)cc1.[Na+]. The van der Waals surface area contributed by atoms with Gasteiger partial charge in [-0.05, 0) is 67.8 Å². The van der Waals surface area contributed by atoms with Crippen molar-refractivity contribution in [1.82, 2.24) is 5.32 Å².